The van der Waals surface area contributed by atoms with Gasteiger partial charge in [-0.2, -0.15) is 0 Å². The van der Waals surface area contributed by atoms with E-state index in [1.807, 2.05) is 36.4 Å². The van der Waals surface area contributed by atoms with Crippen LogP contribution in [0, 0.1) is 0 Å². The number of hydrogen-bond acceptors (Lipinski definition) is 6. The number of carbonyl (C=O) groups excluding carboxylic acids is 2. The number of hydrogen-bond donors (Lipinski definition) is 3. The van der Waals surface area contributed by atoms with Gasteiger partial charge in [0.05, 0.1) is 18.0 Å². The Labute approximate surface area is 243 Å². The summed E-state index contributed by atoms with van der Waals surface area (Å²) in [5, 5.41) is 13.6. The van der Waals surface area contributed by atoms with Crippen molar-refractivity contribution in [3.8, 4) is 11.3 Å². The quantitative estimate of drug-likeness (QED) is 0.284. The van der Waals surface area contributed by atoms with Crippen molar-refractivity contribution >= 4 is 23.3 Å². The van der Waals surface area contributed by atoms with Gasteiger partial charge in [0, 0.05) is 48.6 Å². The number of primary amides is 1. The Kier molecular flexibility index (Phi) is 7.34. The molecule has 2 heterocycles. The topological polar surface area (TPSA) is 131 Å². The Hall–Kier alpha value is -4.76. The monoisotopic (exact) mass is 563 g/mol. The summed E-state index contributed by atoms with van der Waals surface area (Å²) in [5.41, 5.74) is 11.9. The van der Waals surface area contributed by atoms with Crippen LogP contribution in [0.25, 0.3) is 11.3 Å². The van der Waals surface area contributed by atoms with Gasteiger partial charge < -0.3 is 25.6 Å². The van der Waals surface area contributed by atoms with Crippen LogP contribution in [0.3, 0.4) is 0 Å². The lowest BCUT2D eigenvalue weighted by Crippen LogP contribution is -2.38. The van der Waals surface area contributed by atoms with Crippen LogP contribution in [0.1, 0.15) is 61.7 Å². The van der Waals surface area contributed by atoms with Crippen molar-refractivity contribution in [2.24, 2.45) is 12.8 Å². The summed E-state index contributed by atoms with van der Waals surface area (Å²) in [6, 6.07) is 18.7. The standard InChI is InChI=1S/C33H33N5O4/c1-37-18-28(36-31(33(37)42)35-15-13-20-5-7-22(8-6-20)30(34)40)26-3-2-4-29(27(26)19-39)38-16-14-24-17-23(21-9-10-21)11-12-25(24)32(38)41/h2-8,11-12,17-18,21,39H,9-10,13-16,19H2,1H3,(H2,34,40)(H,35,36). The number of nitrogens with two attached hydrogens (primary N) is 1. The van der Waals surface area contributed by atoms with E-state index in [0.717, 1.165) is 17.5 Å². The second kappa shape index (κ2) is 11.3. The van der Waals surface area contributed by atoms with E-state index >= 15 is 0 Å². The number of nitrogens with one attached hydrogen (secondary N) is 1. The predicted octanol–water partition coefficient (Wildman–Crippen LogP) is 3.77. The Morgan fingerprint density at radius 2 is 1.86 bits per heavy atom. The third-order valence-corrected chi connectivity index (χ3v) is 8.15. The minimum absolute atomic E-state index is 0.0786. The summed E-state index contributed by atoms with van der Waals surface area (Å²) in [6.45, 7) is 0.667. The minimum atomic E-state index is -0.479. The van der Waals surface area contributed by atoms with Crippen LogP contribution in [0.15, 0.2) is 71.7 Å². The van der Waals surface area contributed by atoms with Crippen molar-refractivity contribution in [2.45, 2.75) is 38.2 Å². The maximum atomic E-state index is 13.6. The summed E-state index contributed by atoms with van der Waals surface area (Å²) in [6.07, 6.45) is 5.42. The lowest BCUT2D eigenvalue weighted by Gasteiger charge is -2.31. The SMILES string of the molecule is Cn1cc(-c2cccc(N3CCc4cc(C5CC5)ccc4C3=O)c2CO)nc(NCCc2ccc(C(N)=O)cc2)c1=O. The van der Waals surface area contributed by atoms with Crippen LogP contribution < -0.4 is 21.5 Å². The minimum Gasteiger partial charge on any atom is -0.392 e. The average Bonchev–Trinajstić information content (AvgIpc) is 3.85. The number of rotatable bonds is 9. The van der Waals surface area contributed by atoms with E-state index in [0.29, 0.717) is 59.1 Å². The molecule has 0 spiro atoms. The third-order valence-electron chi connectivity index (χ3n) is 8.15. The molecule has 0 bridgehead atoms. The molecule has 4 N–H and O–H groups in total. The number of benzene rings is 3. The summed E-state index contributed by atoms with van der Waals surface area (Å²) < 4.78 is 1.46. The zero-order valence-corrected chi connectivity index (χ0v) is 23.5. The number of aliphatic hydroxyl groups excluding tert-OH is 1. The maximum Gasteiger partial charge on any atom is 0.293 e. The molecule has 6 rings (SSSR count). The summed E-state index contributed by atoms with van der Waals surface area (Å²) in [5.74, 6) is 0.259. The zero-order valence-electron chi connectivity index (χ0n) is 23.5. The number of aliphatic hydroxyl groups is 1. The van der Waals surface area contributed by atoms with Gasteiger partial charge in [-0.25, -0.2) is 4.98 Å². The first kappa shape index (κ1) is 27.4. The molecule has 0 atom stereocenters. The van der Waals surface area contributed by atoms with E-state index in [9.17, 15) is 19.5 Å². The van der Waals surface area contributed by atoms with Crippen molar-refractivity contribution < 1.29 is 14.7 Å². The molecule has 0 unspecified atom stereocenters. The van der Waals surface area contributed by atoms with E-state index in [-0.39, 0.29) is 23.9 Å². The molecular weight excluding hydrogens is 530 g/mol. The Balaban J connectivity index is 1.26. The Morgan fingerprint density at radius 1 is 1.07 bits per heavy atom. The van der Waals surface area contributed by atoms with Crippen molar-refractivity contribution in [1.82, 2.24) is 9.55 Å². The first-order chi connectivity index (χ1) is 20.3. The highest BCUT2D eigenvalue weighted by atomic mass is 16.3. The fraction of sp³-hybridized carbons (Fsp3) is 0.273. The van der Waals surface area contributed by atoms with Crippen LogP contribution in [0.4, 0.5) is 11.5 Å². The molecule has 0 saturated heterocycles. The van der Waals surface area contributed by atoms with Gasteiger partial charge in [-0.15, -0.1) is 0 Å². The number of fused-ring (bicyclic) bond motifs is 1. The highest BCUT2D eigenvalue weighted by Crippen LogP contribution is 2.41. The molecule has 1 aliphatic heterocycles. The van der Waals surface area contributed by atoms with E-state index in [2.05, 4.69) is 22.4 Å². The molecule has 1 aromatic heterocycles. The summed E-state index contributed by atoms with van der Waals surface area (Å²) in [4.78, 5) is 44.2. The van der Waals surface area contributed by atoms with E-state index < -0.39 is 5.91 Å². The molecule has 0 radical (unpaired) electrons. The Morgan fingerprint density at radius 3 is 2.57 bits per heavy atom. The lowest BCUT2D eigenvalue weighted by molar-refractivity contribution is 0.0977. The molecule has 1 fully saturated rings. The fourth-order valence-corrected chi connectivity index (χ4v) is 5.65. The second-order valence-corrected chi connectivity index (χ2v) is 11.0. The molecule has 9 nitrogen and oxygen atoms in total. The molecular formula is C33H33N5O4. The van der Waals surface area contributed by atoms with Gasteiger partial charge in [0.2, 0.25) is 5.91 Å². The molecule has 4 aromatic rings. The number of nitrogens with zero attached hydrogens (tertiary/aromatic N) is 3. The normalized spacial score (nSPS) is 14.5. The van der Waals surface area contributed by atoms with Crippen LogP contribution >= 0.6 is 0 Å². The van der Waals surface area contributed by atoms with E-state index in [1.165, 1.54) is 23.0 Å². The zero-order chi connectivity index (χ0) is 29.4. The third kappa shape index (κ3) is 5.31. The van der Waals surface area contributed by atoms with Crippen molar-refractivity contribution in [3.05, 3.63) is 111 Å². The Bertz CT molecular complexity index is 1740. The molecule has 1 aliphatic carbocycles. The largest absolute Gasteiger partial charge is 0.392 e. The van der Waals surface area contributed by atoms with Gasteiger partial charge in [0.15, 0.2) is 5.82 Å². The van der Waals surface area contributed by atoms with Crippen molar-refractivity contribution in [1.29, 1.82) is 0 Å². The second-order valence-electron chi connectivity index (χ2n) is 11.0. The molecule has 1 saturated carbocycles. The van der Waals surface area contributed by atoms with Gasteiger partial charge in [-0.1, -0.05) is 36.4 Å². The van der Waals surface area contributed by atoms with Gasteiger partial charge in [0.1, 0.15) is 0 Å². The van der Waals surface area contributed by atoms with Crippen LogP contribution in [0.5, 0.6) is 0 Å². The van der Waals surface area contributed by atoms with Crippen LogP contribution in [0.2, 0.25) is 0 Å². The number of anilines is 2. The van der Waals surface area contributed by atoms with Crippen LogP contribution in [-0.4, -0.2) is 39.6 Å². The number of amides is 2. The summed E-state index contributed by atoms with van der Waals surface area (Å²) >= 11 is 0. The highest BCUT2D eigenvalue weighted by Gasteiger charge is 2.30. The summed E-state index contributed by atoms with van der Waals surface area (Å²) in [7, 11) is 1.66. The highest BCUT2D eigenvalue weighted by molar-refractivity contribution is 6.09. The maximum absolute atomic E-state index is 13.6. The van der Waals surface area contributed by atoms with Gasteiger partial charge in [-0.3, -0.25) is 14.4 Å². The van der Waals surface area contributed by atoms with E-state index in [1.54, 1.807) is 30.3 Å². The number of aryl methyl sites for hydroxylation is 1. The molecule has 214 valence electrons. The lowest BCUT2D eigenvalue weighted by atomic mass is 9.93. The fourth-order valence-electron chi connectivity index (χ4n) is 5.65. The van der Waals surface area contributed by atoms with Crippen molar-refractivity contribution in [2.75, 3.05) is 23.3 Å². The van der Waals surface area contributed by atoms with Gasteiger partial charge in [-0.05, 0) is 72.6 Å². The first-order valence-electron chi connectivity index (χ1n) is 14.2. The number of carbonyl (C=O) groups is 2. The molecule has 9 heteroatoms. The van der Waals surface area contributed by atoms with Gasteiger partial charge in [0.25, 0.3) is 11.5 Å². The molecule has 2 amide bonds. The molecule has 3 aromatic carbocycles. The van der Waals surface area contributed by atoms with E-state index in [4.69, 9.17) is 5.73 Å². The first-order valence-corrected chi connectivity index (χ1v) is 14.2. The molecule has 42 heavy (non-hydrogen) atoms. The smallest absolute Gasteiger partial charge is 0.293 e. The van der Waals surface area contributed by atoms with Gasteiger partial charge >= 0.3 is 0 Å². The van der Waals surface area contributed by atoms with Crippen LogP contribution in [-0.2, 0) is 26.5 Å². The average molecular weight is 564 g/mol. The number of aromatic nitrogens is 2. The predicted molar refractivity (Wildman–Crippen MR) is 162 cm³/mol. The van der Waals surface area contributed by atoms with Crippen molar-refractivity contribution in [3.63, 3.8) is 0 Å². The molecule has 2 aliphatic rings.